The largest absolute Gasteiger partial charge is 0.294 e. The van der Waals surface area contributed by atoms with Gasteiger partial charge in [0.15, 0.2) is 5.78 Å². The third-order valence-electron chi connectivity index (χ3n) is 3.60. The van der Waals surface area contributed by atoms with Gasteiger partial charge in [0, 0.05) is 16.5 Å². The van der Waals surface area contributed by atoms with Gasteiger partial charge in [0.2, 0.25) is 0 Å². The molecular formula is C16H12ClFO. The SMILES string of the molecule is O=C1c2ccccc2CC1Cc1ccc(F)cc1Cl. The van der Waals surface area contributed by atoms with Crippen molar-refractivity contribution in [3.05, 3.63) is 70.0 Å². The lowest BCUT2D eigenvalue weighted by Crippen LogP contribution is -2.12. The summed E-state index contributed by atoms with van der Waals surface area (Å²) in [6, 6.07) is 12.0. The van der Waals surface area contributed by atoms with Crippen molar-refractivity contribution in [2.45, 2.75) is 12.8 Å². The van der Waals surface area contributed by atoms with Crippen LogP contribution in [0.15, 0.2) is 42.5 Å². The van der Waals surface area contributed by atoms with Crippen LogP contribution >= 0.6 is 11.6 Å². The molecule has 1 aliphatic carbocycles. The molecule has 0 amide bonds. The monoisotopic (exact) mass is 274 g/mol. The average Bonchev–Trinajstić information content (AvgIpc) is 2.70. The second-order valence-electron chi connectivity index (χ2n) is 4.86. The third-order valence-corrected chi connectivity index (χ3v) is 3.95. The van der Waals surface area contributed by atoms with Crippen LogP contribution in [0.25, 0.3) is 0 Å². The van der Waals surface area contributed by atoms with Crippen LogP contribution in [-0.4, -0.2) is 5.78 Å². The molecular weight excluding hydrogens is 263 g/mol. The molecule has 19 heavy (non-hydrogen) atoms. The second-order valence-corrected chi connectivity index (χ2v) is 5.27. The van der Waals surface area contributed by atoms with Gasteiger partial charge in [-0.05, 0) is 36.1 Å². The van der Waals surface area contributed by atoms with Crippen LogP contribution in [0.2, 0.25) is 5.02 Å². The van der Waals surface area contributed by atoms with Gasteiger partial charge >= 0.3 is 0 Å². The van der Waals surface area contributed by atoms with E-state index in [1.54, 1.807) is 6.07 Å². The zero-order valence-corrected chi connectivity index (χ0v) is 11.0. The van der Waals surface area contributed by atoms with E-state index in [2.05, 4.69) is 0 Å². The third kappa shape index (κ3) is 2.28. The molecule has 0 fully saturated rings. The van der Waals surface area contributed by atoms with E-state index in [-0.39, 0.29) is 17.5 Å². The zero-order valence-electron chi connectivity index (χ0n) is 10.2. The molecule has 0 saturated heterocycles. The van der Waals surface area contributed by atoms with Crippen LogP contribution in [0.4, 0.5) is 4.39 Å². The van der Waals surface area contributed by atoms with Gasteiger partial charge in [-0.15, -0.1) is 0 Å². The summed E-state index contributed by atoms with van der Waals surface area (Å²) in [6.07, 6.45) is 1.30. The predicted octanol–water partition coefficient (Wildman–Crippen LogP) is 4.08. The van der Waals surface area contributed by atoms with Gasteiger partial charge in [-0.2, -0.15) is 0 Å². The van der Waals surface area contributed by atoms with Gasteiger partial charge in [-0.1, -0.05) is 41.9 Å². The number of benzene rings is 2. The highest BCUT2D eigenvalue weighted by atomic mass is 35.5. The maximum absolute atomic E-state index is 13.0. The van der Waals surface area contributed by atoms with Crippen molar-refractivity contribution in [2.24, 2.45) is 5.92 Å². The molecule has 0 aromatic heterocycles. The fourth-order valence-electron chi connectivity index (χ4n) is 2.63. The first-order valence-electron chi connectivity index (χ1n) is 6.21. The number of ketones is 1. The highest BCUT2D eigenvalue weighted by Crippen LogP contribution is 2.30. The summed E-state index contributed by atoms with van der Waals surface area (Å²) in [6.45, 7) is 0. The lowest BCUT2D eigenvalue weighted by Gasteiger charge is -2.09. The topological polar surface area (TPSA) is 17.1 Å². The summed E-state index contributed by atoms with van der Waals surface area (Å²) >= 11 is 6.02. The first-order valence-corrected chi connectivity index (χ1v) is 6.59. The lowest BCUT2D eigenvalue weighted by molar-refractivity contribution is 0.0936. The number of halogens is 2. The number of fused-ring (bicyclic) bond motifs is 1. The van der Waals surface area contributed by atoms with Crippen LogP contribution in [0.1, 0.15) is 21.5 Å². The van der Waals surface area contributed by atoms with Crippen molar-refractivity contribution in [1.82, 2.24) is 0 Å². The molecule has 0 bridgehead atoms. The van der Waals surface area contributed by atoms with E-state index in [0.29, 0.717) is 11.4 Å². The molecule has 3 heteroatoms. The van der Waals surface area contributed by atoms with E-state index in [1.165, 1.54) is 12.1 Å². The van der Waals surface area contributed by atoms with Gasteiger partial charge in [0.1, 0.15) is 5.82 Å². The van der Waals surface area contributed by atoms with E-state index in [1.807, 2.05) is 24.3 Å². The molecule has 0 N–H and O–H groups in total. The minimum Gasteiger partial charge on any atom is -0.294 e. The van der Waals surface area contributed by atoms with E-state index < -0.39 is 0 Å². The zero-order chi connectivity index (χ0) is 13.4. The Balaban J connectivity index is 1.85. The Hall–Kier alpha value is -1.67. The molecule has 1 nitrogen and oxygen atoms in total. The minimum atomic E-state index is -0.352. The highest BCUT2D eigenvalue weighted by Gasteiger charge is 2.30. The Kier molecular flexibility index (Phi) is 3.11. The number of carbonyl (C=O) groups excluding carboxylic acids is 1. The fourth-order valence-corrected chi connectivity index (χ4v) is 2.88. The second kappa shape index (κ2) is 4.78. The molecule has 0 spiro atoms. The first kappa shape index (κ1) is 12.4. The summed E-state index contributed by atoms with van der Waals surface area (Å²) in [5, 5.41) is 0.392. The molecule has 0 aliphatic heterocycles. The number of hydrogen-bond acceptors (Lipinski definition) is 1. The highest BCUT2D eigenvalue weighted by molar-refractivity contribution is 6.31. The minimum absolute atomic E-state index is 0.0830. The maximum Gasteiger partial charge on any atom is 0.166 e. The summed E-state index contributed by atoms with van der Waals surface area (Å²) in [5.74, 6) is -0.272. The first-order chi connectivity index (χ1) is 9.15. The molecule has 2 aromatic rings. The molecule has 2 aromatic carbocycles. The Bertz CT molecular complexity index is 651. The Labute approximate surface area is 116 Å². The summed E-state index contributed by atoms with van der Waals surface area (Å²) in [7, 11) is 0. The summed E-state index contributed by atoms with van der Waals surface area (Å²) in [5.41, 5.74) is 2.73. The Morgan fingerprint density at radius 1 is 1.21 bits per heavy atom. The molecule has 0 radical (unpaired) electrons. The van der Waals surface area contributed by atoms with Gasteiger partial charge in [0.05, 0.1) is 0 Å². The van der Waals surface area contributed by atoms with Crippen LogP contribution in [0.5, 0.6) is 0 Å². The summed E-state index contributed by atoms with van der Waals surface area (Å²) < 4.78 is 13.0. The van der Waals surface area contributed by atoms with Crippen molar-refractivity contribution < 1.29 is 9.18 Å². The van der Waals surface area contributed by atoms with Gasteiger partial charge in [-0.25, -0.2) is 4.39 Å². The Morgan fingerprint density at radius 3 is 2.74 bits per heavy atom. The normalized spacial score (nSPS) is 17.6. The van der Waals surface area contributed by atoms with Crippen molar-refractivity contribution in [2.75, 3.05) is 0 Å². The van der Waals surface area contributed by atoms with Crippen LogP contribution in [0.3, 0.4) is 0 Å². The summed E-state index contributed by atoms with van der Waals surface area (Å²) in [4.78, 5) is 12.3. The molecule has 0 saturated carbocycles. The predicted molar refractivity (Wildman–Crippen MR) is 73.1 cm³/mol. The van der Waals surface area contributed by atoms with Crippen molar-refractivity contribution in [3.8, 4) is 0 Å². The number of carbonyl (C=O) groups is 1. The Morgan fingerprint density at radius 2 is 2.00 bits per heavy atom. The molecule has 3 rings (SSSR count). The molecule has 1 unspecified atom stereocenters. The van der Waals surface area contributed by atoms with Gasteiger partial charge < -0.3 is 0 Å². The maximum atomic E-state index is 13.0. The van der Waals surface area contributed by atoms with E-state index in [0.717, 1.165) is 23.1 Å². The number of rotatable bonds is 2. The molecule has 0 heterocycles. The van der Waals surface area contributed by atoms with Gasteiger partial charge in [0.25, 0.3) is 0 Å². The van der Waals surface area contributed by atoms with Crippen molar-refractivity contribution in [3.63, 3.8) is 0 Å². The van der Waals surface area contributed by atoms with E-state index in [4.69, 9.17) is 11.6 Å². The fraction of sp³-hybridized carbons (Fsp3) is 0.188. The average molecular weight is 275 g/mol. The van der Waals surface area contributed by atoms with E-state index in [9.17, 15) is 9.18 Å². The number of Topliss-reactive ketones (excluding diaryl/α,β-unsaturated/α-hetero) is 1. The van der Waals surface area contributed by atoms with Crippen LogP contribution < -0.4 is 0 Å². The lowest BCUT2D eigenvalue weighted by atomic mass is 9.96. The van der Waals surface area contributed by atoms with Crippen molar-refractivity contribution in [1.29, 1.82) is 0 Å². The number of hydrogen-bond donors (Lipinski definition) is 0. The van der Waals surface area contributed by atoms with Crippen LogP contribution in [0, 0.1) is 11.7 Å². The van der Waals surface area contributed by atoms with E-state index >= 15 is 0 Å². The standard InChI is InChI=1S/C16H12ClFO/c17-15-9-13(18)6-5-11(15)8-12-7-10-3-1-2-4-14(10)16(12)19/h1-6,9,12H,7-8H2. The molecule has 1 atom stereocenters. The quantitative estimate of drug-likeness (QED) is 0.806. The van der Waals surface area contributed by atoms with Crippen LogP contribution in [-0.2, 0) is 12.8 Å². The van der Waals surface area contributed by atoms with Crippen molar-refractivity contribution >= 4 is 17.4 Å². The molecule has 96 valence electrons. The van der Waals surface area contributed by atoms with Gasteiger partial charge in [-0.3, -0.25) is 4.79 Å². The smallest absolute Gasteiger partial charge is 0.166 e. The molecule has 1 aliphatic rings.